The van der Waals surface area contributed by atoms with Gasteiger partial charge in [0, 0.05) is 5.88 Å². The van der Waals surface area contributed by atoms with Gasteiger partial charge in [0.15, 0.2) is 0 Å². The van der Waals surface area contributed by atoms with E-state index in [1.165, 1.54) is 32.1 Å². The number of ether oxygens (including phenoxy) is 1. The summed E-state index contributed by atoms with van der Waals surface area (Å²) in [7, 11) is 0. The summed E-state index contributed by atoms with van der Waals surface area (Å²) < 4.78 is 5.97. The van der Waals surface area contributed by atoms with Gasteiger partial charge >= 0.3 is 0 Å². The molecule has 1 atom stereocenters. The summed E-state index contributed by atoms with van der Waals surface area (Å²) in [5, 5.41) is 0. The molecule has 1 unspecified atom stereocenters. The van der Waals surface area contributed by atoms with Gasteiger partial charge in [0.25, 0.3) is 0 Å². The topological polar surface area (TPSA) is 9.23 Å². The second-order valence-electron chi connectivity index (χ2n) is 5.38. The van der Waals surface area contributed by atoms with Gasteiger partial charge in [0.2, 0.25) is 0 Å². The predicted molar refractivity (Wildman–Crippen MR) is 55.2 cm³/mol. The largest absolute Gasteiger partial charge is 0.372 e. The summed E-state index contributed by atoms with van der Waals surface area (Å²) in [6.07, 6.45) is 6.74. The highest BCUT2D eigenvalue weighted by Gasteiger charge is 2.45. The molecule has 0 aromatic carbocycles. The molecule has 1 aliphatic heterocycles. The molecule has 76 valence electrons. The van der Waals surface area contributed by atoms with Gasteiger partial charge < -0.3 is 4.74 Å². The van der Waals surface area contributed by atoms with Crippen LogP contribution in [0.5, 0.6) is 0 Å². The van der Waals surface area contributed by atoms with Gasteiger partial charge in [0.05, 0.1) is 11.7 Å². The Morgan fingerprint density at radius 3 is 2.38 bits per heavy atom. The standard InChI is InChI=1S/C11H19ClO/c1-10(2)4-3-9(13-10)7-11(8-12)5-6-11/h9H,3-8H2,1-2H3. The molecule has 1 saturated heterocycles. The minimum atomic E-state index is 0.118. The lowest BCUT2D eigenvalue weighted by Crippen LogP contribution is -2.22. The van der Waals surface area contributed by atoms with Crippen LogP contribution in [0.25, 0.3) is 0 Å². The second-order valence-corrected chi connectivity index (χ2v) is 5.64. The van der Waals surface area contributed by atoms with Crippen molar-refractivity contribution in [1.82, 2.24) is 0 Å². The molecule has 0 N–H and O–H groups in total. The highest BCUT2D eigenvalue weighted by Crippen LogP contribution is 2.52. The molecule has 2 aliphatic rings. The van der Waals surface area contributed by atoms with E-state index in [1.54, 1.807) is 0 Å². The molecule has 0 bridgehead atoms. The molecule has 1 heterocycles. The summed E-state index contributed by atoms with van der Waals surface area (Å²) in [5.74, 6) is 0.827. The van der Waals surface area contributed by atoms with Gasteiger partial charge in [-0.25, -0.2) is 0 Å². The SMILES string of the molecule is CC1(C)CCC(CC2(CCl)CC2)O1. The van der Waals surface area contributed by atoms with Crippen molar-refractivity contribution >= 4 is 11.6 Å². The average molecular weight is 203 g/mol. The zero-order chi connectivity index (χ0) is 9.53. The third-order valence-corrected chi connectivity index (χ3v) is 4.02. The van der Waals surface area contributed by atoms with Crippen molar-refractivity contribution in [2.45, 2.75) is 57.7 Å². The van der Waals surface area contributed by atoms with E-state index >= 15 is 0 Å². The third kappa shape index (κ3) is 2.19. The number of hydrogen-bond donors (Lipinski definition) is 0. The van der Waals surface area contributed by atoms with Crippen molar-refractivity contribution in [3.05, 3.63) is 0 Å². The van der Waals surface area contributed by atoms with E-state index in [4.69, 9.17) is 16.3 Å². The molecular formula is C11H19ClO. The van der Waals surface area contributed by atoms with Crippen molar-refractivity contribution < 1.29 is 4.74 Å². The molecular weight excluding hydrogens is 184 g/mol. The Bertz CT molecular complexity index is 196. The molecule has 2 fully saturated rings. The maximum absolute atomic E-state index is 5.97. The average Bonchev–Trinajstić information content (AvgIpc) is 2.74. The molecule has 0 amide bonds. The Balaban J connectivity index is 1.84. The molecule has 1 aliphatic carbocycles. The highest BCUT2D eigenvalue weighted by molar-refractivity contribution is 6.18. The lowest BCUT2D eigenvalue weighted by molar-refractivity contribution is -0.0251. The Labute approximate surface area is 85.8 Å². The van der Waals surface area contributed by atoms with Gasteiger partial charge in [-0.2, -0.15) is 0 Å². The molecule has 0 aromatic heterocycles. The fourth-order valence-corrected chi connectivity index (χ4v) is 2.65. The van der Waals surface area contributed by atoms with Crippen molar-refractivity contribution in [3.8, 4) is 0 Å². The van der Waals surface area contributed by atoms with Crippen LogP contribution in [0.3, 0.4) is 0 Å². The summed E-state index contributed by atoms with van der Waals surface area (Å²) >= 11 is 5.95. The number of halogens is 1. The fraction of sp³-hybridized carbons (Fsp3) is 1.00. The summed E-state index contributed by atoms with van der Waals surface area (Å²) in [6, 6.07) is 0. The van der Waals surface area contributed by atoms with Crippen molar-refractivity contribution in [2.75, 3.05) is 5.88 Å². The quantitative estimate of drug-likeness (QED) is 0.638. The van der Waals surface area contributed by atoms with E-state index in [2.05, 4.69) is 13.8 Å². The van der Waals surface area contributed by atoms with Gasteiger partial charge in [-0.3, -0.25) is 0 Å². The molecule has 2 rings (SSSR count). The molecule has 0 spiro atoms. The first-order valence-corrected chi connectivity index (χ1v) is 5.83. The van der Waals surface area contributed by atoms with E-state index in [0.29, 0.717) is 11.5 Å². The number of hydrogen-bond acceptors (Lipinski definition) is 1. The summed E-state index contributed by atoms with van der Waals surface area (Å²) in [5.41, 5.74) is 0.583. The maximum atomic E-state index is 5.97. The molecule has 2 heteroatoms. The van der Waals surface area contributed by atoms with Crippen LogP contribution in [0.4, 0.5) is 0 Å². The van der Waals surface area contributed by atoms with Crippen molar-refractivity contribution in [3.63, 3.8) is 0 Å². The van der Waals surface area contributed by atoms with Crippen molar-refractivity contribution in [2.24, 2.45) is 5.41 Å². The van der Waals surface area contributed by atoms with Gasteiger partial charge in [-0.15, -0.1) is 11.6 Å². The molecule has 0 radical (unpaired) electrons. The minimum absolute atomic E-state index is 0.118. The van der Waals surface area contributed by atoms with E-state index in [1.807, 2.05) is 0 Å². The first-order chi connectivity index (χ1) is 6.05. The summed E-state index contributed by atoms with van der Waals surface area (Å²) in [4.78, 5) is 0. The molecule has 1 nitrogen and oxygen atoms in total. The third-order valence-electron chi connectivity index (χ3n) is 3.46. The first-order valence-electron chi connectivity index (χ1n) is 5.29. The fourth-order valence-electron chi connectivity index (χ4n) is 2.27. The number of alkyl halides is 1. The molecule has 13 heavy (non-hydrogen) atoms. The van der Waals surface area contributed by atoms with Crippen LogP contribution in [0, 0.1) is 5.41 Å². The van der Waals surface area contributed by atoms with E-state index in [-0.39, 0.29) is 5.60 Å². The van der Waals surface area contributed by atoms with Gasteiger partial charge in [-0.05, 0) is 51.4 Å². The normalized spacial score (nSPS) is 34.8. The van der Waals surface area contributed by atoms with Crippen LogP contribution < -0.4 is 0 Å². The van der Waals surface area contributed by atoms with Crippen LogP contribution in [0.1, 0.15) is 46.0 Å². The summed E-state index contributed by atoms with van der Waals surface area (Å²) in [6.45, 7) is 4.38. The number of rotatable bonds is 3. The predicted octanol–water partition coefficient (Wildman–Crippen LogP) is 3.35. The van der Waals surface area contributed by atoms with Crippen LogP contribution in [-0.4, -0.2) is 17.6 Å². The van der Waals surface area contributed by atoms with Gasteiger partial charge in [-0.1, -0.05) is 0 Å². The van der Waals surface area contributed by atoms with Gasteiger partial charge in [0.1, 0.15) is 0 Å². The Morgan fingerprint density at radius 1 is 1.31 bits per heavy atom. The first kappa shape index (κ1) is 9.79. The smallest absolute Gasteiger partial charge is 0.0631 e. The van der Waals surface area contributed by atoms with Crippen LogP contribution in [-0.2, 0) is 4.74 Å². The lowest BCUT2D eigenvalue weighted by atomic mass is 9.98. The zero-order valence-electron chi connectivity index (χ0n) is 8.61. The zero-order valence-corrected chi connectivity index (χ0v) is 9.36. The van der Waals surface area contributed by atoms with Crippen molar-refractivity contribution in [1.29, 1.82) is 0 Å². The van der Waals surface area contributed by atoms with Crippen LogP contribution in [0.2, 0.25) is 0 Å². The minimum Gasteiger partial charge on any atom is -0.372 e. The molecule has 1 saturated carbocycles. The van der Waals surface area contributed by atoms with Crippen LogP contribution >= 0.6 is 11.6 Å². The van der Waals surface area contributed by atoms with Crippen LogP contribution in [0.15, 0.2) is 0 Å². The Kier molecular flexibility index (Phi) is 2.36. The Hall–Kier alpha value is 0.250. The highest BCUT2D eigenvalue weighted by atomic mass is 35.5. The van der Waals surface area contributed by atoms with E-state index < -0.39 is 0 Å². The monoisotopic (exact) mass is 202 g/mol. The Morgan fingerprint density at radius 2 is 2.00 bits per heavy atom. The van der Waals surface area contributed by atoms with E-state index in [9.17, 15) is 0 Å². The maximum Gasteiger partial charge on any atom is 0.0631 e. The second kappa shape index (κ2) is 3.13. The van der Waals surface area contributed by atoms with E-state index in [0.717, 1.165) is 5.88 Å². The lowest BCUT2D eigenvalue weighted by Gasteiger charge is -2.21. The molecule has 0 aromatic rings.